The molecule has 1 aliphatic rings. The van der Waals surface area contributed by atoms with Crippen molar-refractivity contribution in [3.8, 4) is 0 Å². The van der Waals surface area contributed by atoms with E-state index in [9.17, 15) is 4.39 Å². The lowest BCUT2D eigenvalue weighted by atomic mass is 9.94. The fraction of sp³-hybridized carbons (Fsp3) is 0.600. The lowest BCUT2D eigenvalue weighted by molar-refractivity contribution is 0.181. The predicted octanol–water partition coefficient (Wildman–Crippen LogP) is 3.43. The van der Waals surface area contributed by atoms with Gasteiger partial charge in [-0.05, 0) is 49.4 Å². The summed E-state index contributed by atoms with van der Waals surface area (Å²) in [6.45, 7) is 4.77. The van der Waals surface area contributed by atoms with E-state index in [1.165, 1.54) is 12.1 Å². The number of nitrogens with one attached hydrogen (secondary N) is 1. The molecule has 2 atom stereocenters. The molecule has 1 saturated heterocycles. The Morgan fingerprint density at radius 1 is 1.53 bits per heavy atom. The first-order valence-electron chi connectivity index (χ1n) is 6.94. The molecule has 0 bridgehead atoms. The van der Waals surface area contributed by atoms with Crippen LogP contribution in [0.5, 0.6) is 0 Å². The highest BCUT2D eigenvalue weighted by Gasteiger charge is 2.21. The molecule has 1 aliphatic heterocycles. The minimum atomic E-state index is -0.280. The first-order chi connectivity index (χ1) is 9.19. The lowest BCUT2D eigenvalue weighted by Gasteiger charge is -2.21. The molecule has 2 unspecified atom stereocenters. The van der Waals surface area contributed by atoms with Gasteiger partial charge in [0.2, 0.25) is 0 Å². The third kappa shape index (κ3) is 4.44. The second-order valence-corrected chi connectivity index (χ2v) is 5.57. The van der Waals surface area contributed by atoms with E-state index in [-0.39, 0.29) is 5.82 Å². The van der Waals surface area contributed by atoms with Gasteiger partial charge < -0.3 is 10.1 Å². The predicted molar refractivity (Wildman–Crippen MR) is 76.1 cm³/mol. The van der Waals surface area contributed by atoms with Crippen molar-refractivity contribution < 1.29 is 9.13 Å². The molecule has 2 rings (SSSR count). The molecule has 0 aromatic heterocycles. The molecule has 0 saturated carbocycles. The summed E-state index contributed by atoms with van der Waals surface area (Å²) in [7, 11) is 0. The van der Waals surface area contributed by atoms with E-state index in [4.69, 9.17) is 16.3 Å². The van der Waals surface area contributed by atoms with Crippen molar-refractivity contribution in [2.45, 2.75) is 32.2 Å². The molecule has 19 heavy (non-hydrogen) atoms. The summed E-state index contributed by atoms with van der Waals surface area (Å²) in [5.74, 6) is 0.348. The average molecular weight is 286 g/mol. The Bertz CT molecular complexity index is 407. The van der Waals surface area contributed by atoms with Gasteiger partial charge in [-0.25, -0.2) is 4.39 Å². The van der Waals surface area contributed by atoms with Crippen LogP contribution in [0.15, 0.2) is 18.2 Å². The SMILES string of the molecule is CCNC(Cc1ccc(F)cc1Cl)CC1CCOC1. The summed E-state index contributed by atoms with van der Waals surface area (Å²) in [5, 5.41) is 4.01. The van der Waals surface area contributed by atoms with Crippen molar-refractivity contribution in [1.82, 2.24) is 5.32 Å². The van der Waals surface area contributed by atoms with Crippen LogP contribution < -0.4 is 5.32 Å². The maximum atomic E-state index is 13.0. The van der Waals surface area contributed by atoms with Gasteiger partial charge in [0.25, 0.3) is 0 Å². The largest absolute Gasteiger partial charge is 0.381 e. The third-order valence-corrected chi connectivity index (χ3v) is 3.97. The Kier molecular flexibility index (Phi) is 5.61. The van der Waals surface area contributed by atoms with Crippen LogP contribution in [-0.2, 0) is 11.2 Å². The smallest absolute Gasteiger partial charge is 0.124 e. The van der Waals surface area contributed by atoms with E-state index in [1.807, 2.05) is 0 Å². The number of likely N-dealkylation sites (N-methyl/N-ethyl adjacent to an activating group) is 1. The Morgan fingerprint density at radius 2 is 2.37 bits per heavy atom. The van der Waals surface area contributed by atoms with Gasteiger partial charge in [-0.3, -0.25) is 0 Å². The second-order valence-electron chi connectivity index (χ2n) is 5.16. The van der Waals surface area contributed by atoms with Crippen molar-refractivity contribution in [3.05, 3.63) is 34.6 Å². The minimum absolute atomic E-state index is 0.280. The molecule has 0 radical (unpaired) electrons. The van der Waals surface area contributed by atoms with E-state index in [0.717, 1.165) is 44.6 Å². The number of halogens is 2. The number of hydrogen-bond donors (Lipinski definition) is 1. The number of ether oxygens (including phenoxy) is 1. The van der Waals surface area contributed by atoms with Crippen molar-refractivity contribution >= 4 is 11.6 Å². The highest BCUT2D eigenvalue weighted by molar-refractivity contribution is 6.31. The highest BCUT2D eigenvalue weighted by Crippen LogP contribution is 2.23. The highest BCUT2D eigenvalue weighted by atomic mass is 35.5. The van der Waals surface area contributed by atoms with E-state index < -0.39 is 0 Å². The monoisotopic (exact) mass is 285 g/mol. The fourth-order valence-corrected chi connectivity index (χ4v) is 2.90. The number of benzene rings is 1. The summed E-state index contributed by atoms with van der Waals surface area (Å²) in [6, 6.07) is 5.02. The van der Waals surface area contributed by atoms with Crippen molar-refractivity contribution in [2.75, 3.05) is 19.8 Å². The van der Waals surface area contributed by atoms with Gasteiger partial charge in [-0.1, -0.05) is 24.6 Å². The summed E-state index contributed by atoms with van der Waals surface area (Å²) in [6.07, 6.45) is 3.06. The van der Waals surface area contributed by atoms with Crippen molar-refractivity contribution in [3.63, 3.8) is 0 Å². The van der Waals surface area contributed by atoms with Crippen LogP contribution in [0.1, 0.15) is 25.3 Å². The van der Waals surface area contributed by atoms with E-state index in [2.05, 4.69) is 12.2 Å². The molecule has 0 aliphatic carbocycles. The zero-order valence-electron chi connectivity index (χ0n) is 11.3. The molecule has 1 aromatic carbocycles. The van der Waals surface area contributed by atoms with Crippen molar-refractivity contribution in [1.29, 1.82) is 0 Å². The lowest BCUT2D eigenvalue weighted by Crippen LogP contribution is -2.33. The second kappa shape index (κ2) is 7.22. The van der Waals surface area contributed by atoms with Crippen LogP contribution in [0.25, 0.3) is 0 Å². The summed E-state index contributed by atoms with van der Waals surface area (Å²) >= 11 is 6.10. The molecule has 1 fully saturated rings. The van der Waals surface area contributed by atoms with E-state index >= 15 is 0 Å². The standard InChI is InChI=1S/C15H21ClFNO/c1-2-18-14(7-11-5-6-19-10-11)8-12-3-4-13(17)9-15(12)16/h3-4,9,11,14,18H,2,5-8,10H2,1H3. The zero-order chi connectivity index (χ0) is 13.7. The van der Waals surface area contributed by atoms with Gasteiger partial charge in [0, 0.05) is 24.3 Å². The first kappa shape index (κ1) is 14.8. The normalized spacial score (nSPS) is 20.7. The van der Waals surface area contributed by atoms with E-state index in [0.29, 0.717) is 17.0 Å². The zero-order valence-corrected chi connectivity index (χ0v) is 12.0. The van der Waals surface area contributed by atoms with Crippen LogP contribution in [0, 0.1) is 11.7 Å². The summed E-state index contributed by atoms with van der Waals surface area (Å²) in [5.41, 5.74) is 1.01. The molecule has 1 aromatic rings. The first-order valence-corrected chi connectivity index (χ1v) is 7.32. The third-order valence-electron chi connectivity index (χ3n) is 3.62. The van der Waals surface area contributed by atoms with Gasteiger partial charge in [-0.2, -0.15) is 0 Å². The maximum Gasteiger partial charge on any atom is 0.124 e. The topological polar surface area (TPSA) is 21.3 Å². The average Bonchev–Trinajstić information content (AvgIpc) is 2.86. The fourth-order valence-electron chi connectivity index (χ4n) is 2.65. The Morgan fingerprint density at radius 3 is 3.00 bits per heavy atom. The van der Waals surface area contributed by atoms with E-state index in [1.54, 1.807) is 6.07 Å². The molecule has 2 nitrogen and oxygen atoms in total. The molecular formula is C15H21ClFNO. The van der Waals surface area contributed by atoms with Crippen LogP contribution in [0.4, 0.5) is 4.39 Å². The maximum absolute atomic E-state index is 13.0. The summed E-state index contributed by atoms with van der Waals surface area (Å²) < 4.78 is 18.5. The Balaban J connectivity index is 1.98. The van der Waals surface area contributed by atoms with Gasteiger partial charge in [0.1, 0.15) is 5.82 Å². The Hall–Kier alpha value is -0.640. The Labute approximate surface area is 119 Å². The van der Waals surface area contributed by atoms with Gasteiger partial charge in [0.05, 0.1) is 0 Å². The molecule has 0 spiro atoms. The van der Waals surface area contributed by atoms with Gasteiger partial charge in [-0.15, -0.1) is 0 Å². The quantitative estimate of drug-likeness (QED) is 0.865. The molecule has 1 heterocycles. The molecule has 1 N–H and O–H groups in total. The molecule has 4 heteroatoms. The van der Waals surface area contributed by atoms with Gasteiger partial charge >= 0.3 is 0 Å². The molecule has 0 amide bonds. The summed E-state index contributed by atoms with van der Waals surface area (Å²) in [4.78, 5) is 0. The number of hydrogen-bond acceptors (Lipinski definition) is 2. The number of rotatable bonds is 6. The minimum Gasteiger partial charge on any atom is -0.381 e. The molecule has 106 valence electrons. The molecular weight excluding hydrogens is 265 g/mol. The van der Waals surface area contributed by atoms with Crippen LogP contribution >= 0.6 is 11.6 Å². The van der Waals surface area contributed by atoms with Crippen molar-refractivity contribution in [2.24, 2.45) is 5.92 Å². The van der Waals surface area contributed by atoms with Gasteiger partial charge in [0.15, 0.2) is 0 Å². The van der Waals surface area contributed by atoms with Crippen LogP contribution in [-0.4, -0.2) is 25.8 Å². The van der Waals surface area contributed by atoms with Crippen LogP contribution in [0.2, 0.25) is 5.02 Å². The van der Waals surface area contributed by atoms with Crippen LogP contribution in [0.3, 0.4) is 0 Å².